The summed E-state index contributed by atoms with van der Waals surface area (Å²) in [6.07, 6.45) is 0. The molecule has 3 aromatic rings. The van der Waals surface area contributed by atoms with Gasteiger partial charge in [0.25, 0.3) is 5.91 Å². The van der Waals surface area contributed by atoms with E-state index in [0.29, 0.717) is 5.69 Å². The SMILES string of the molecule is CC(=NNC(=O)c1cc(-c2cccs2)[nH]n1)c1ccc(Br)cc1. The third-order valence-corrected chi connectivity index (χ3v) is 4.62. The van der Waals surface area contributed by atoms with E-state index in [0.717, 1.165) is 26.3 Å². The summed E-state index contributed by atoms with van der Waals surface area (Å²) in [5, 5.41) is 13.0. The smallest absolute Gasteiger partial charge is 0.276 e. The molecule has 2 N–H and O–H groups in total. The fourth-order valence-corrected chi connectivity index (χ4v) is 2.90. The molecule has 2 heterocycles. The lowest BCUT2D eigenvalue weighted by atomic mass is 10.1. The van der Waals surface area contributed by atoms with Gasteiger partial charge in [-0.2, -0.15) is 10.2 Å². The van der Waals surface area contributed by atoms with Gasteiger partial charge in [0.1, 0.15) is 0 Å². The molecular formula is C16H13BrN4OS. The highest BCUT2D eigenvalue weighted by molar-refractivity contribution is 9.10. The Morgan fingerprint density at radius 3 is 2.78 bits per heavy atom. The highest BCUT2D eigenvalue weighted by atomic mass is 79.9. The van der Waals surface area contributed by atoms with Crippen LogP contribution in [0.2, 0.25) is 0 Å². The van der Waals surface area contributed by atoms with Crippen molar-refractivity contribution in [3.8, 4) is 10.6 Å². The van der Waals surface area contributed by atoms with Crippen molar-refractivity contribution in [1.82, 2.24) is 15.6 Å². The first kappa shape index (κ1) is 15.6. The van der Waals surface area contributed by atoms with E-state index < -0.39 is 0 Å². The maximum Gasteiger partial charge on any atom is 0.291 e. The van der Waals surface area contributed by atoms with Crippen LogP contribution in [-0.2, 0) is 0 Å². The molecule has 1 aromatic carbocycles. The number of nitrogens with one attached hydrogen (secondary N) is 2. The number of hydrogen-bond acceptors (Lipinski definition) is 4. The topological polar surface area (TPSA) is 70.1 Å². The van der Waals surface area contributed by atoms with E-state index in [1.165, 1.54) is 0 Å². The van der Waals surface area contributed by atoms with Crippen molar-refractivity contribution in [2.75, 3.05) is 0 Å². The molecule has 0 fully saturated rings. The molecule has 116 valence electrons. The third kappa shape index (κ3) is 3.75. The van der Waals surface area contributed by atoms with Crippen LogP contribution in [0.5, 0.6) is 0 Å². The Hall–Kier alpha value is -2.25. The molecule has 0 saturated carbocycles. The van der Waals surface area contributed by atoms with Gasteiger partial charge < -0.3 is 0 Å². The number of carbonyl (C=O) groups is 1. The summed E-state index contributed by atoms with van der Waals surface area (Å²) in [6, 6.07) is 13.3. The number of nitrogens with zero attached hydrogens (tertiary/aromatic N) is 2. The first-order chi connectivity index (χ1) is 11.1. The Balaban J connectivity index is 1.69. The van der Waals surface area contributed by atoms with Crippen molar-refractivity contribution in [2.45, 2.75) is 6.92 Å². The predicted molar refractivity (Wildman–Crippen MR) is 95.7 cm³/mol. The summed E-state index contributed by atoms with van der Waals surface area (Å²) in [7, 11) is 0. The minimum Gasteiger partial charge on any atom is -0.276 e. The first-order valence-electron chi connectivity index (χ1n) is 6.83. The molecule has 0 bridgehead atoms. The zero-order chi connectivity index (χ0) is 16.2. The van der Waals surface area contributed by atoms with Crippen LogP contribution in [0, 0.1) is 0 Å². The van der Waals surface area contributed by atoms with Crippen LogP contribution in [0.3, 0.4) is 0 Å². The standard InChI is InChI=1S/C16H13BrN4OS/c1-10(11-4-6-12(17)7-5-11)18-21-16(22)14-9-13(19-20-14)15-3-2-8-23-15/h2-9H,1H3,(H,19,20)(H,21,22). The monoisotopic (exact) mass is 388 g/mol. The largest absolute Gasteiger partial charge is 0.291 e. The van der Waals surface area contributed by atoms with Crippen LogP contribution in [0.4, 0.5) is 0 Å². The number of aromatic amines is 1. The number of halogens is 1. The van der Waals surface area contributed by atoms with Gasteiger partial charge in [-0.05, 0) is 42.1 Å². The Morgan fingerprint density at radius 1 is 1.30 bits per heavy atom. The lowest BCUT2D eigenvalue weighted by Crippen LogP contribution is -2.19. The van der Waals surface area contributed by atoms with Gasteiger partial charge in [-0.15, -0.1) is 11.3 Å². The maximum absolute atomic E-state index is 12.1. The number of rotatable bonds is 4. The van der Waals surface area contributed by atoms with Crippen molar-refractivity contribution < 1.29 is 4.79 Å². The Bertz CT molecular complexity index is 837. The molecule has 7 heteroatoms. The van der Waals surface area contributed by atoms with Crippen LogP contribution in [0.25, 0.3) is 10.6 Å². The van der Waals surface area contributed by atoms with Gasteiger partial charge in [-0.25, -0.2) is 5.43 Å². The van der Waals surface area contributed by atoms with Gasteiger partial charge in [0, 0.05) is 4.47 Å². The fourth-order valence-electron chi connectivity index (χ4n) is 1.94. The average Bonchev–Trinajstić information content (AvgIpc) is 3.23. The van der Waals surface area contributed by atoms with Gasteiger partial charge in [-0.1, -0.05) is 34.1 Å². The van der Waals surface area contributed by atoms with E-state index in [-0.39, 0.29) is 5.91 Å². The van der Waals surface area contributed by atoms with Crippen molar-refractivity contribution in [2.24, 2.45) is 5.10 Å². The molecule has 0 atom stereocenters. The van der Waals surface area contributed by atoms with E-state index in [9.17, 15) is 4.79 Å². The lowest BCUT2D eigenvalue weighted by Gasteiger charge is -2.01. The number of hydrogen-bond donors (Lipinski definition) is 2. The number of benzene rings is 1. The summed E-state index contributed by atoms with van der Waals surface area (Å²) in [5.74, 6) is -0.347. The second-order valence-corrected chi connectivity index (χ2v) is 6.65. The fraction of sp³-hybridized carbons (Fsp3) is 0.0625. The number of hydrazone groups is 1. The lowest BCUT2D eigenvalue weighted by molar-refractivity contribution is 0.0950. The van der Waals surface area contributed by atoms with Crippen molar-refractivity contribution >= 4 is 38.9 Å². The minimum atomic E-state index is -0.347. The predicted octanol–water partition coefficient (Wildman–Crippen LogP) is 4.05. The maximum atomic E-state index is 12.1. The first-order valence-corrected chi connectivity index (χ1v) is 8.50. The van der Waals surface area contributed by atoms with E-state index in [1.807, 2.05) is 48.7 Å². The van der Waals surface area contributed by atoms with Crippen molar-refractivity contribution in [1.29, 1.82) is 0 Å². The second-order valence-electron chi connectivity index (χ2n) is 4.79. The minimum absolute atomic E-state index is 0.306. The third-order valence-electron chi connectivity index (χ3n) is 3.18. The van der Waals surface area contributed by atoms with E-state index in [1.54, 1.807) is 17.4 Å². The van der Waals surface area contributed by atoms with Gasteiger partial charge in [-0.3, -0.25) is 9.89 Å². The number of thiophene rings is 1. The zero-order valence-electron chi connectivity index (χ0n) is 12.2. The zero-order valence-corrected chi connectivity index (χ0v) is 14.6. The average molecular weight is 389 g/mol. The molecule has 2 aromatic heterocycles. The normalized spacial score (nSPS) is 11.5. The van der Waals surface area contributed by atoms with E-state index in [2.05, 4.69) is 36.7 Å². The van der Waals surface area contributed by atoms with Crippen LogP contribution in [-0.4, -0.2) is 21.8 Å². The summed E-state index contributed by atoms with van der Waals surface area (Å²) in [4.78, 5) is 13.1. The number of carbonyl (C=O) groups excluding carboxylic acids is 1. The molecule has 3 rings (SSSR count). The van der Waals surface area contributed by atoms with E-state index in [4.69, 9.17) is 0 Å². The van der Waals surface area contributed by atoms with Crippen molar-refractivity contribution in [3.63, 3.8) is 0 Å². The highest BCUT2D eigenvalue weighted by Crippen LogP contribution is 2.22. The van der Waals surface area contributed by atoms with Crippen LogP contribution < -0.4 is 5.43 Å². The Kier molecular flexibility index (Phi) is 4.68. The molecule has 0 radical (unpaired) electrons. The van der Waals surface area contributed by atoms with Gasteiger partial charge in [0.05, 0.1) is 16.3 Å². The molecule has 0 unspecified atom stereocenters. The quantitative estimate of drug-likeness (QED) is 0.522. The van der Waals surface area contributed by atoms with Crippen LogP contribution in [0.1, 0.15) is 23.0 Å². The number of H-pyrrole nitrogens is 1. The summed E-state index contributed by atoms with van der Waals surface area (Å²) in [5.41, 5.74) is 5.31. The summed E-state index contributed by atoms with van der Waals surface area (Å²) < 4.78 is 0.996. The molecular weight excluding hydrogens is 376 g/mol. The summed E-state index contributed by atoms with van der Waals surface area (Å²) >= 11 is 4.97. The molecule has 0 spiro atoms. The summed E-state index contributed by atoms with van der Waals surface area (Å²) in [6.45, 7) is 1.84. The number of amides is 1. The van der Waals surface area contributed by atoms with Crippen LogP contribution in [0.15, 0.2) is 57.4 Å². The second kappa shape index (κ2) is 6.89. The molecule has 0 aliphatic carbocycles. The van der Waals surface area contributed by atoms with Crippen molar-refractivity contribution in [3.05, 3.63) is 63.6 Å². The molecule has 5 nitrogen and oxygen atoms in total. The Labute approximate surface area is 145 Å². The van der Waals surface area contributed by atoms with Gasteiger partial charge in [0.15, 0.2) is 5.69 Å². The van der Waals surface area contributed by atoms with Gasteiger partial charge in [0.2, 0.25) is 0 Å². The molecule has 23 heavy (non-hydrogen) atoms. The van der Waals surface area contributed by atoms with Gasteiger partial charge >= 0.3 is 0 Å². The molecule has 1 amide bonds. The Morgan fingerprint density at radius 2 is 2.09 bits per heavy atom. The number of aromatic nitrogens is 2. The van der Waals surface area contributed by atoms with E-state index >= 15 is 0 Å². The molecule has 0 aliphatic heterocycles. The highest BCUT2D eigenvalue weighted by Gasteiger charge is 2.11. The molecule has 0 aliphatic rings. The molecule has 0 saturated heterocycles. The van der Waals surface area contributed by atoms with Crippen LogP contribution >= 0.6 is 27.3 Å².